The van der Waals surface area contributed by atoms with Crippen molar-refractivity contribution in [1.82, 2.24) is 15.1 Å². The van der Waals surface area contributed by atoms with Crippen LogP contribution in [0.3, 0.4) is 0 Å². The molecule has 9 heteroatoms. The van der Waals surface area contributed by atoms with E-state index in [0.29, 0.717) is 6.42 Å². The van der Waals surface area contributed by atoms with Crippen LogP contribution in [0.5, 0.6) is 0 Å². The molecular weight excluding hydrogens is 448 g/mol. The van der Waals surface area contributed by atoms with E-state index in [1.54, 1.807) is 0 Å². The Labute approximate surface area is 203 Å². The van der Waals surface area contributed by atoms with Crippen molar-refractivity contribution in [3.8, 4) is 11.1 Å². The standard InChI is InChI=1S/C26H28N4O5/c1-15(2)12-21(24(31)28-22-13-27-30(3)23(22)25(32)33)29-26(34)35-14-20-18-10-6-4-8-16(18)17-9-5-7-11-19(17)20/h4-11,13,15,20-21H,12,14H2,1-3H3,(H,28,31)(H,29,34)(H,32,33)/t21-/m1/s1. The van der Waals surface area contributed by atoms with Crippen LogP contribution in [0.4, 0.5) is 10.5 Å². The Bertz CT molecular complexity index is 1220. The number of ether oxygens (including phenoxy) is 1. The molecule has 1 atom stereocenters. The lowest BCUT2D eigenvalue weighted by Gasteiger charge is -2.21. The van der Waals surface area contributed by atoms with Gasteiger partial charge in [0.05, 0.1) is 11.9 Å². The number of hydrogen-bond donors (Lipinski definition) is 3. The van der Waals surface area contributed by atoms with Crippen LogP contribution in [-0.4, -0.2) is 45.5 Å². The molecule has 1 aliphatic carbocycles. The van der Waals surface area contributed by atoms with Crippen molar-refractivity contribution in [3.63, 3.8) is 0 Å². The van der Waals surface area contributed by atoms with Gasteiger partial charge in [-0.2, -0.15) is 5.10 Å². The first-order valence-corrected chi connectivity index (χ1v) is 11.4. The first-order valence-electron chi connectivity index (χ1n) is 11.4. The van der Waals surface area contributed by atoms with Crippen molar-refractivity contribution < 1.29 is 24.2 Å². The van der Waals surface area contributed by atoms with Gasteiger partial charge in [-0.25, -0.2) is 9.59 Å². The van der Waals surface area contributed by atoms with Crippen molar-refractivity contribution >= 4 is 23.7 Å². The minimum atomic E-state index is -1.22. The number of amides is 2. The number of carbonyl (C=O) groups is 3. The van der Waals surface area contributed by atoms with Gasteiger partial charge in [0.1, 0.15) is 12.6 Å². The number of fused-ring (bicyclic) bond motifs is 3. The van der Waals surface area contributed by atoms with Crippen LogP contribution in [0.15, 0.2) is 54.7 Å². The summed E-state index contributed by atoms with van der Waals surface area (Å²) < 4.78 is 6.74. The zero-order valence-electron chi connectivity index (χ0n) is 19.8. The monoisotopic (exact) mass is 476 g/mol. The van der Waals surface area contributed by atoms with E-state index >= 15 is 0 Å². The number of nitrogens with one attached hydrogen (secondary N) is 2. The summed E-state index contributed by atoms with van der Waals surface area (Å²) in [6, 6.07) is 15.2. The maximum atomic E-state index is 12.9. The number of rotatable bonds is 8. The van der Waals surface area contributed by atoms with Gasteiger partial charge in [0, 0.05) is 13.0 Å². The van der Waals surface area contributed by atoms with Crippen LogP contribution in [0.1, 0.15) is 47.8 Å². The number of alkyl carbamates (subject to hydrolysis) is 1. The van der Waals surface area contributed by atoms with E-state index in [9.17, 15) is 19.5 Å². The minimum Gasteiger partial charge on any atom is -0.476 e. The summed E-state index contributed by atoms with van der Waals surface area (Å²) in [5.74, 6) is -1.76. The summed E-state index contributed by atoms with van der Waals surface area (Å²) in [7, 11) is 1.47. The van der Waals surface area contributed by atoms with Crippen LogP contribution in [0.2, 0.25) is 0 Å². The molecule has 0 saturated heterocycles. The highest BCUT2D eigenvalue weighted by Gasteiger charge is 2.30. The van der Waals surface area contributed by atoms with Crippen molar-refractivity contribution in [2.24, 2.45) is 13.0 Å². The van der Waals surface area contributed by atoms with Gasteiger partial charge in [0.25, 0.3) is 0 Å². The molecule has 3 N–H and O–H groups in total. The number of nitrogens with zero attached hydrogens (tertiary/aromatic N) is 2. The van der Waals surface area contributed by atoms with E-state index in [1.807, 2.05) is 50.2 Å². The maximum Gasteiger partial charge on any atom is 0.407 e. The molecule has 1 aromatic heterocycles. The van der Waals surface area contributed by atoms with E-state index in [2.05, 4.69) is 27.9 Å². The molecule has 0 unspecified atom stereocenters. The first kappa shape index (κ1) is 24.0. The van der Waals surface area contributed by atoms with E-state index in [4.69, 9.17) is 4.74 Å². The fraction of sp³-hybridized carbons (Fsp3) is 0.308. The highest BCUT2D eigenvalue weighted by Crippen LogP contribution is 2.44. The summed E-state index contributed by atoms with van der Waals surface area (Å²) in [6.07, 6.45) is 0.900. The number of anilines is 1. The Morgan fingerprint density at radius 2 is 1.66 bits per heavy atom. The Morgan fingerprint density at radius 3 is 2.23 bits per heavy atom. The second-order valence-corrected chi connectivity index (χ2v) is 8.98. The molecule has 3 aromatic rings. The summed E-state index contributed by atoms with van der Waals surface area (Å²) in [5, 5.41) is 18.5. The molecule has 0 saturated carbocycles. The number of hydrogen-bond acceptors (Lipinski definition) is 5. The zero-order valence-corrected chi connectivity index (χ0v) is 19.8. The van der Waals surface area contributed by atoms with Crippen LogP contribution >= 0.6 is 0 Å². The lowest BCUT2D eigenvalue weighted by Crippen LogP contribution is -2.45. The average molecular weight is 477 g/mol. The van der Waals surface area contributed by atoms with Gasteiger partial charge < -0.3 is 20.5 Å². The number of carboxylic acid groups (broad SMARTS) is 1. The normalized spacial score (nSPS) is 13.1. The van der Waals surface area contributed by atoms with Crippen LogP contribution in [0.25, 0.3) is 11.1 Å². The molecule has 1 aliphatic rings. The molecule has 9 nitrogen and oxygen atoms in total. The molecule has 2 aromatic carbocycles. The fourth-order valence-electron chi connectivity index (χ4n) is 4.49. The molecular formula is C26H28N4O5. The van der Waals surface area contributed by atoms with E-state index in [0.717, 1.165) is 26.9 Å². The number of aromatic carboxylic acids is 1. The van der Waals surface area contributed by atoms with Crippen LogP contribution < -0.4 is 10.6 Å². The number of aryl methyl sites for hydroxylation is 1. The van der Waals surface area contributed by atoms with Gasteiger partial charge in [-0.1, -0.05) is 62.4 Å². The molecule has 35 heavy (non-hydrogen) atoms. The summed E-state index contributed by atoms with van der Waals surface area (Å²) in [4.78, 5) is 37.2. The third-order valence-corrected chi connectivity index (χ3v) is 6.06. The highest BCUT2D eigenvalue weighted by atomic mass is 16.5. The van der Waals surface area contributed by atoms with Crippen molar-refractivity contribution in [2.45, 2.75) is 32.2 Å². The lowest BCUT2D eigenvalue weighted by molar-refractivity contribution is -0.118. The predicted molar refractivity (Wildman–Crippen MR) is 130 cm³/mol. The summed E-state index contributed by atoms with van der Waals surface area (Å²) >= 11 is 0. The zero-order chi connectivity index (χ0) is 25.1. The molecule has 1 heterocycles. The van der Waals surface area contributed by atoms with Gasteiger partial charge in [-0.05, 0) is 34.6 Å². The fourth-order valence-corrected chi connectivity index (χ4v) is 4.49. The second kappa shape index (κ2) is 10.0. The van der Waals surface area contributed by atoms with E-state index in [-0.39, 0.29) is 29.8 Å². The van der Waals surface area contributed by atoms with E-state index in [1.165, 1.54) is 13.2 Å². The Kier molecular flexibility index (Phi) is 6.86. The Balaban J connectivity index is 1.44. The van der Waals surface area contributed by atoms with Gasteiger partial charge >= 0.3 is 12.1 Å². The molecule has 0 radical (unpaired) electrons. The number of carboxylic acids is 1. The van der Waals surface area contributed by atoms with E-state index < -0.39 is 24.0 Å². The average Bonchev–Trinajstić information content (AvgIpc) is 3.34. The Morgan fingerprint density at radius 1 is 1.06 bits per heavy atom. The number of benzene rings is 2. The maximum absolute atomic E-state index is 12.9. The molecule has 0 bridgehead atoms. The summed E-state index contributed by atoms with van der Waals surface area (Å²) in [5.41, 5.74) is 4.35. The molecule has 0 fully saturated rings. The molecule has 0 aliphatic heterocycles. The quantitative estimate of drug-likeness (QED) is 0.452. The number of aromatic nitrogens is 2. The topological polar surface area (TPSA) is 123 Å². The first-order chi connectivity index (χ1) is 16.8. The largest absolute Gasteiger partial charge is 0.476 e. The third-order valence-electron chi connectivity index (χ3n) is 6.06. The second-order valence-electron chi connectivity index (χ2n) is 8.98. The van der Waals surface area contributed by atoms with Crippen LogP contribution in [0, 0.1) is 5.92 Å². The van der Waals surface area contributed by atoms with Crippen LogP contribution in [-0.2, 0) is 16.6 Å². The minimum absolute atomic E-state index is 0.0630. The van der Waals surface area contributed by atoms with Crippen molar-refractivity contribution in [1.29, 1.82) is 0 Å². The molecule has 0 spiro atoms. The van der Waals surface area contributed by atoms with Crippen molar-refractivity contribution in [3.05, 3.63) is 71.5 Å². The van der Waals surface area contributed by atoms with Gasteiger partial charge in [-0.3, -0.25) is 9.48 Å². The Hall–Kier alpha value is -4.14. The predicted octanol–water partition coefficient (Wildman–Crippen LogP) is 4.01. The van der Waals surface area contributed by atoms with Gasteiger partial charge in [0.15, 0.2) is 5.69 Å². The lowest BCUT2D eigenvalue weighted by atomic mass is 9.98. The van der Waals surface area contributed by atoms with Gasteiger partial charge in [-0.15, -0.1) is 0 Å². The third kappa shape index (κ3) is 5.03. The smallest absolute Gasteiger partial charge is 0.407 e. The summed E-state index contributed by atoms with van der Waals surface area (Å²) in [6.45, 7) is 3.97. The van der Waals surface area contributed by atoms with Crippen molar-refractivity contribution in [2.75, 3.05) is 11.9 Å². The van der Waals surface area contributed by atoms with Gasteiger partial charge in [0.2, 0.25) is 5.91 Å². The SMILES string of the molecule is CC(C)C[C@@H](NC(=O)OCC1c2ccccc2-c2ccccc21)C(=O)Nc1cnn(C)c1C(=O)O. The molecule has 4 rings (SSSR count). The highest BCUT2D eigenvalue weighted by molar-refractivity contribution is 6.01. The molecule has 182 valence electrons. The number of carbonyl (C=O) groups excluding carboxylic acids is 2. The molecule has 2 amide bonds.